The molecular formula is C18H28N4O3. The fourth-order valence-electron chi connectivity index (χ4n) is 3.72. The first-order chi connectivity index (χ1) is 12.2. The number of nitrogens with one attached hydrogen (secondary N) is 1. The van der Waals surface area contributed by atoms with Crippen LogP contribution in [0.2, 0.25) is 0 Å². The Balaban J connectivity index is 1.45. The Hall–Kier alpha value is -1.89. The van der Waals surface area contributed by atoms with Gasteiger partial charge in [-0.05, 0) is 52.1 Å². The Bertz CT molecular complexity index is 575. The molecule has 7 nitrogen and oxygen atoms in total. The molecule has 1 saturated carbocycles. The molecule has 2 fully saturated rings. The third-order valence-electron chi connectivity index (χ3n) is 5.12. The highest BCUT2D eigenvalue weighted by atomic mass is 16.5. The van der Waals surface area contributed by atoms with Gasteiger partial charge in [-0.1, -0.05) is 0 Å². The average molecular weight is 348 g/mol. The van der Waals surface area contributed by atoms with Gasteiger partial charge in [0.05, 0.1) is 13.0 Å². The molecule has 1 aromatic heterocycles. The van der Waals surface area contributed by atoms with Gasteiger partial charge in [-0.2, -0.15) is 0 Å². The van der Waals surface area contributed by atoms with E-state index in [9.17, 15) is 4.79 Å². The van der Waals surface area contributed by atoms with Crippen molar-refractivity contribution in [1.82, 2.24) is 20.2 Å². The maximum Gasteiger partial charge on any atom is 0.278 e. The number of rotatable bonds is 5. The van der Waals surface area contributed by atoms with Gasteiger partial charge in [-0.25, -0.2) is 9.97 Å². The molecule has 1 atom stereocenters. The molecule has 7 heteroatoms. The quantitative estimate of drug-likeness (QED) is 0.872. The van der Waals surface area contributed by atoms with Crippen molar-refractivity contribution in [2.45, 2.75) is 50.7 Å². The molecule has 1 aliphatic heterocycles. The van der Waals surface area contributed by atoms with Crippen LogP contribution < -0.4 is 14.8 Å². The van der Waals surface area contributed by atoms with Crippen molar-refractivity contribution in [3.63, 3.8) is 0 Å². The SMILES string of the molecule is COc1nccnc1OC1CCC(NC(=O)C2CCCN(C)C2)CC1. The third kappa shape index (κ3) is 4.81. The summed E-state index contributed by atoms with van der Waals surface area (Å²) < 4.78 is 11.1. The monoisotopic (exact) mass is 348 g/mol. The van der Waals surface area contributed by atoms with Crippen molar-refractivity contribution < 1.29 is 14.3 Å². The van der Waals surface area contributed by atoms with Crippen molar-refractivity contribution in [3.05, 3.63) is 12.4 Å². The van der Waals surface area contributed by atoms with Gasteiger partial charge in [-0.15, -0.1) is 0 Å². The summed E-state index contributed by atoms with van der Waals surface area (Å²) in [7, 11) is 3.65. The third-order valence-corrected chi connectivity index (χ3v) is 5.12. The van der Waals surface area contributed by atoms with Crippen molar-refractivity contribution >= 4 is 5.91 Å². The Morgan fingerprint density at radius 3 is 2.56 bits per heavy atom. The predicted molar refractivity (Wildman–Crippen MR) is 93.6 cm³/mol. The summed E-state index contributed by atoms with van der Waals surface area (Å²) in [6.45, 7) is 1.97. The molecule has 3 rings (SSSR count). The number of carbonyl (C=O) groups is 1. The zero-order chi connectivity index (χ0) is 17.6. The number of ether oxygens (including phenoxy) is 2. The van der Waals surface area contributed by atoms with Crippen molar-refractivity contribution in [3.8, 4) is 11.8 Å². The summed E-state index contributed by atoms with van der Waals surface area (Å²) in [6, 6.07) is 0.253. The molecular weight excluding hydrogens is 320 g/mol. The summed E-state index contributed by atoms with van der Waals surface area (Å²) in [5, 5.41) is 3.24. The van der Waals surface area contributed by atoms with Gasteiger partial charge in [0.2, 0.25) is 5.91 Å². The van der Waals surface area contributed by atoms with Gasteiger partial charge in [0.25, 0.3) is 11.8 Å². The van der Waals surface area contributed by atoms with Crippen LogP contribution in [0.25, 0.3) is 0 Å². The van der Waals surface area contributed by atoms with E-state index in [4.69, 9.17) is 9.47 Å². The molecule has 1 amide bonds. The lowest BCUT2D eigenvalue weighted by Gasteiger charge is -2.33. The second-order valence-corrected chi connectivity index (χ2v) is 7.07. The number of likely N-dealkylation sites (tertiary alicyclic amines) is 1. The van der Waals surface area contributed by atoms with E-state index in [0.717, 1.165) is 51.6 Å². The predicted octanol–water partition coefficient (Wildman–Crippen LogP) is 1.63. The van der Waals surface area contributed by atoms with E-state index in [1.807, 2.05) is 0 Å². The number of amides is 1. The minimum Gasteiger partial charge on any atom is -0.477 e. The van der Waals surface area contributed by atoms with Crippen LogP contribution in [-0.4, -0.2) is 60.2 Å². The number of nitrogens with zero attached hydrogens (tertiary/aromatic N) is 3. The molecule has 0 aromatic carbocycles. The highest BCUT2D eigenvalue weighted by Crippen LogP contribution is 2.27. The molecule has 1 aromatic rings. The van der Waals surface area contributed by atoms with Crippen LogP contribution in [0.15, 0.2) is 12.4 Å². The fourth-order valence-corrected chi connectivity index (χ4v) is 3.72. The van der Waals surface area contributed by atoms with Crippen molar-refractivity contribution in [1.29, 1.82) is 0 Å². The number of hydrogen-bond donors (Lipinski definition) is 1. The van der Waals surface area contributed by atoms with E-state index in [1.165, 1.54) is 0 Å². The first kappa shape index (κ1) is 17.9. The second-order valence-electron chi connectivity index (χ2n) is 7.07. The van der Waals surface area contributed by atoms with Gasteiger partial charge in [0.15, 0.2) is 0 Å². The lowest BCUT2D eigenvalue weighted by molar-refractivity contribution is -0.127. The molecule has 0 spiro atoms. The van der Waals surface area contributed by atoms with E-state index in [1.54, 1.807) is 19.5 Å². The molecule has 2 heterocycles. The van der Waals surface area contributed by atoms with Gasteiger partial charge in [0, 0.05) is 25.0 Å². The lowest BCUT2D eigenvalue weighted by atomic mass is 9.91. The highest BCUT2D eigenvalue weighted by molar-refractivity contribution is 5.79. The topological polar surface area (TPSA) is 76.6 Å². The van der Waals surface area contributed by atoms with Crippen LogP contribution in [0, 0.1) is 5.92 Å². The zero-order valence-corrected chi connectivity index (χ0v) is 15.1. The van der Waals surface area contributed by atoms with Crippen LogP contribution in [-0.2, 0) is 4.79 Å². The number of aromatic nitrogens is 2. The number of methoxy groups -OCH3 is 1. The Morgan fingerprint density at radius 1 is 1.16 bits per heavy atom. The maximum absolute atomic E-state index is 12.5. The Labute approximate surface area is 149 Å². The van der Waals surface area contributed by atoms with Crippen LogP contribution >= 0.6 is 0 Å². The summed E-state index contributed by atoms with van der Waals surface area (Å²) in [6.07, 6.45) is 9.05. The van der Waals surface area contributed by atoms with Gasteiger partial charge in [0.1, 0.15) is 6.10 Å². The Kier molecular flexibility index (Phi) is 6.07. The zero-order valence-electron chi connectivity index (χ0n) is 15.1. The van der Waals surface area contributed by atoms with Gasteiger partial charge in [-0.3, -0.25) is 4.79 Å². The summed E-state index contributed by atoms with van der Waals surface area (Å²) in [5.41, 5.74) is 0. The maximum atomic E-state index is 12.5. The molecule has 1 N–H and O–H groups in total. The van der Waals surface area contributed by atoms with E-state index in [0.29, 0.717) is 11.8 Å². The van der Waals surface area contributed by atoms with Crippen LogP contribution in [0.3, 0.4) is 0 Å². The minimum absolute atomic E-state index is 0.0968. The first-order valence-corrected chi connectivity index (χ1v) is 9.16. The van der Waals surface area contributed by atoms with E-state index < -0.39 is 0 Å². The molecule has 0 radical (unpaired) electrons. The van der Waals surface area contributed by atoms with Gasteiger partial charge < -0.3 is 19.7 Å². The first-order valence-electron chi connectivity index (χ1n) is 9.16. The van der Waals surface area contributed by atoms with Crippen LogP contribution in [0.5, 0.6) is 11.8 Å². The number of hydrogen-bond acceptors (Lipinski definition) is 6. The van der Waals surface area contributed by atoms with Crippen LogP contribution in [0.1, 0.15) is 38.5 Å². The standard InChI is InChI=1S/C18H28N4O3/c1-22-11-3-4-13(12-22)16(23)21-14-5-7-15(8-6-14)25-18-17(24-2)19-9-10-20-18/h9-10,13-15H,3-8,11-12H2,1-2H3,(H,21,23). The normalized spacial score (nSPS) is 27.5. The molecule has 1 unspecified atom stereocenters. The number of piperidine rings is 1. The largest absolute Gasteiger partial charge is 0.477 e. The lowest BCUT2D eigenvalue weighted by Crippen LogP contribution is -2.46. The van der Waals surface area contributed by atoms with Crippen LogP contribution in [0.4, 0.5) is 0 Å². The summed E-state index contributed by atoms with van der Waals surface area (Å²) in [4.78, 5) is 23.0. The molecule has 1 aliphatic carbocycles. The summed E-state index contributed by atoms with van der Waals surface area (Å²) >= 11 is 0. The van der Waals surface area contributed by atoms with E-state index in [2.05, 4.69) is 27.2 Å². The van der Waals surface area contributed by atoms with E-state index in [-0.39, 0.29) is 24.0 Å². The molecule has 138 valence electrons. The molecule has 0 bridgehead atoms. The minimum atomic E-state index is 0.0968. The summed E-state index contributed by atoms with van der Waals surface area (Å²) in [5.74, 6) is 1.21. The van der Waals surface area contributed by atoms with E-state index >= 15 is 0 Å². The second kappa shape index (κ2) is 8.47. The van der Waals surface area contributed by atoms with Crippen molar-refractivity contribution in [2.24, 2.45) is 5.92 Å². The average Bonchev–Trinajstić information content (AvgIpc) is 2.64. The molecule has 2 aliphatic rings. The highest BCUT2D eigenvalue weighted by Gasteiger charge is 2.29. The molecule has 1 saturated heterocycles. The number of carbonyl (C=O) groups excluding carboxylic acids is 1. The molecule has 25 heavy (non-hydrogen) atoms. The fraction of sp³-hybridized carbons (Fsp3) is 0.722. The van der Waals surface area contributed by atoms with Crippen molar-refractivity contribution in [2.75, 3.05) is 27.2 Å². The van der Waals surface area contributed by atoms with Gasteiger partial charge >= 0.3 is 0 Å². The smallest absolute Gasteiger partial charge is 0.278 e. The Morgan fingerprint density at radius 2 is 1.88 bits per heavy atom.